The number of ether oxygens (including phenoxy) is 1. The Morgan fingerprint density at radius 3 is 1.93 bits per heavy atom. The Balaban J connectivity index is 0.00000132. The van der Waals surface area contributed by atoms with Gasteiger partial charge in [0.2, 0.25) is 0 Å². The van der Waals surface area contributed by atoms with Crippen molar-refractivity contribution in [1.82, 2.24) is 0 Å². The third kappa shape index (κ3) is 6.00. The molecule has 0 aliphatic heterocycles. The van der Waals surface area contributed by atoms with E-state index in [4.69, 9.17) is 23.3 Å². The summed E-state index contributed by atoms with van der Waals surface area (Å²) in [4.78, 5) is 3.16. The molecule has 29 heavy (non-hydrogen) atoms. The maximum atomic E-state index is 13.8. The number of nitrogens with zero attached hydrogens (tertiary/aromatic N) is 1. The summed E-state index contributed by atoms with van der Waals surface area (Å²) >= 11 is -0.556. The summed E-state index contributed by atoms with van der Waals surface area (Å²) < 4.78 is 97.2. The second-order valence-electron chi connectivity index (χ2n) is 5.19. The number of rotatable bonds is 3. The van der Waals surface area contributed by atoms with Gasteiger partial charge in [-0.05, 0) is 24.6 Å². The van der Waals surface area contributed by atoms with Crippen LogP contribution in [-0.4, -0.2) is 18.4 Å². The normalized spacial score (nSPS) is 11.3. The Labute approximate surface area is 176 Å². The zero-order chi connectivity index (χ0) is 22.5. The van der Waals surface area contributed by atoms with Gasteiger partial charge in [0.1, 0.15) is 22.7 Å². The van der Waals surface area contributed by atoms with Gasteiger partial charge in [-0.3, -0.25) is 0 Å². The van der Waals surface area contributed by atoms with E-state index in [1.807, 2.05) is 0 Å². The summed E-state index contributed by atoms with van der Waals surface area (Å²) in [5, 5.41) is 9.86. The number of phenols is 1. The summed E-state index contributed by atoms with van der Waals surface area (Å²) in [6, 6.07) is 2.61. The Morgan fingerprint density at radius 2 is 1.52 bits per heavy atom. The molecule has 158 valence electrons. The molecule has 0 spiro atoms. The van der Waals surface area contributed by atoms with Gasteiger partial charge in [-0.2, -0.15) is 13.2 Å². The van der Waals surface area contributed by atoms with Crippen molar-refractivity contribution in [1.29, 1.82) is 0 Å². The number of aliphatic imine (C=N–C) groups is 1. The van der Waals surface area contributed by atoms with Crippen LogP contribution >= 0.6 is 18.6 Å². The zero-order valence-corrected chi connectivity index (χ0v) is 17.5. The molecule has 3 nitrogen and oxygen atoms in total. The van der Waals surface area contributed by atoms with Gasteiger partial charge in [-0.1, -0.05) is 0 Å². The van der Waals surface area contributed by atoms with Crippen LogP contribution in [0.3, 0.4) is 0 Å². The molecule has 0 saturated heterocycles. The molecular weight excluding hydrogens is 490 g/mol. The van der Waals surface area contributed by atoms with E-state index in [9.17, 15) is 35.8 Å². The molecule has 0 heterocycles. The number of hydrogen-bond acceptors (Lipinski definition) is 3. The maximum absolute atomic E-state index is 13.8. The quantitative estimate of drug-likeness (QED) is 0.229. The number of benzene rings is 2. The number of aromatic hydroxyl groups is 1. The summed E-state index contributed by atoms with van der Waals surface area (Å²) in [7, 11) is 11.1. The molecule has 0 amide bonds. The standard InChI is InChI=1S/C16H10F7NO2.2ClH.Ti/c1-6-3-8(26-2)4-7(15(6)25)5-24-14-12(19)10(17)9(16(21,22)23)11(18)13(14)20;;;/h3-5,25H,1-2H3;2*1H;/q;;;+2/p-2. The van der Waals surface area contributed by atoms with Crippen LogP contribution in [0.2, 0.25) is 0 Å². The summed E-state index contributed by atoms with van der Waals surface area (Å²) in [6.45, 7) is 1.47. The fraction of sp³-hybridized carbons (Fsp3) is 0.188. The van der Waals surface area contributed by atoms with E-state index in [0.29, 0.717) is 6.21 Å². The van der Waals surface area contributed by atoms with Crippen LogP contribution in [0.15, 0.2) is 17.1 Å². The molecule has 0 aliphatic carbocycles. The number of alkyl halides is 3. The molecular formula is C16H10Cl2F7NO2Ti. The van der Waals surface area contributed by atoms with Gasteiger partial charge in [-0.15, -0.1) is 0 Å². The van der Waals surface area contributed by atoms with E-state index in [1.165, 1.54) is 26.2 Å². The van der Waals surface area contributed by atoms with Gasteiger partial charge in [0.05, 0.1) is 7.11 Å². The van der Waals surface area contributed by atoms with Crippen molar-refractivity contribution in [2.75, 3.05) is 7.11 Å². The molecule has 0 aliphatic rings. The van der Waals surface area contributed by atoms with E-state index in [1.54, 1.807) is 0 Å². The monoisotopic (exact) mass is 499 g/mol. The Bertz CT molecular complexity index is 894. The van der Waals surface area contributed by atoms with Crippen LogP contribution in [0.25, 0.3) is 0 Å². The van der Waals surface area contributed by atoms with Crippen LogP contribution in [0.5, 0.6) is 11.5 Å². The number of halogens is 9. The third-order valence-corrected chi connectivity index (χ3v) is 3.40. The molecule has 2 rings (SSSR count). The molecule has 0 fully saturated rings. The van der Waals surface area contributed by atoms with Crippen molar-refractivity contribution in [2.45, 2.75) is 13.1 Å². The zero-order valence-electron chi connectivity index (χ0n) is 14.4. The predicted molar refractivity (Wildman–Crippen MR) is 89.6 cm³/mol. The van der Waals surface area contributed by atoms with E-state index in [2.05, 4.69) is 4.99 Å². The van der Waals surface area contributed by atoms with Crippen LogP contribution < -0.4 is 4.74 Å². The van der Waals surface area contributed by atoms with Gasteiger partial charge in [0.15, 0.2) is 23.3 Å². The van der Waals surface area contributed by atoms with Gasteiger partial charge >= 0.3 is 41.8 Å². The molecule has 13 heteroatoms. The fourth-order valence-electron chi connectivity index (χ4n) is 2.11. The van der Waals surface area contributed by atoms with Crippen LogP contribution in [0.1, 0.15) is 16.7 Å². The number of phenolic OH excluding ortho intramolecular Hbond substituents is 1. The van der Waals surface area contributed by atoms with Crippen LogP contribution in [0.4, 0.5) is 36.4 Å². The average Bonchev–Trinajstić information content (AvgIpc) is 2.62. The van der Waals surface area contributed by atoms with Crippen molar-refractivity contribution in [3.8, 4) is 11.5 Å². The van der Waals surface area contributed by atoms with Crippen molar-refractivity contribution in [2.24, 2.45) is 4.99 Å². The molecule has 0 radical (unpaired) electrons. The van der Waals surface area contributed by atoms with E-state index >= 15 is 0 Å². The average molecular weight is 500 g/mol. The molecule has 1 N–H and O–H groups in total. The summed E-state index contributed by atoms with van der Waals surface area (Å²) in [5.41, 5.74) is -4.14. The van der Waals surface area contributed by atoms with Gasteiger partial charge in [0, 0.05) is 11.8 Å². The first-order valence-corrected chi connectivity index (χ1v) is 11.5. The van der Waals surface area contributed by atoms with E-state index < -0.39 is 57.7 Å². The Kier molecular flexibility index (Phi) is 9.26. The Morgan fingerprint density at radius 1 is 1.03 bits per heavy atom. The number of aryl methyl sites for hydroxylation is 1. The van der Waals surface area contributed by atoms with Crippen molar-refractivity contribution in [3.63, 3.8) is 0 Å². The first-order chi connectivity index (χ1) is 13.4. The van der Waals surface area contributed by atoms with Crippen molar-refractivity contribution in [3.05, 3.63) is 52.1 Å². The molecule has 0 unspecified atom stereocenters. The SMILES string of the molecule is COc1cc(C)c(O)c(C=Nc2c(F)c(F)c(C(F)(F)F)c(F)c2F)c1.[Cl][Ti][Cl]. The van der Waals surface area contributed by atoms with Crippen molar-refractivity contribution < 1.29 is 57.6 Å². The molecule has 0 bridgehead atoms. The topological polar surface area (TPSA) is 41.8 Å². The van der Waals surface area contributed by atoms with Gasteiger partial charge in [0.25, 0.3) is 0 Å². The van der Waals surface area contributed by atoms with Gasteiger partial charge < -0.3 is 9.84 Å². The van der Waals surface area contributed by atoms with E-state index in [0.717, 1.165) is 0 Å². The van der Waals surface area contributed by atoms with Gasteiger partial charge in [-0.25, -0.2) is 22.6 Å². The summed E-state index contributed by atoms with van der Waals surface area (Å²) in [6.07, 6.45) is -5.00. The number of hydrogen-bond donors (Lipinski definition) is 1. The minimum atomic E-state index is -5.64. The molecule has 2 aromatic carbocycles. The molecule has 2 aromatic rings. The second kappa shape index (κ2) is 10.5. The second-order valence-corrected chi connectivity index (χ2v) is 7.77. The predicted octanol–water partition coefficient (Wildman–Crippen LogP) is 6.41. The van der Waals surface area contributed by atoms with Crippen molar-refractivity contribution >= 4 is 30.5 Å². The third-order valence-electron chi connectivity index (χ3n) is 3.40. The fourth-order valence-corrected chi connectivity index (χ4v) is 2.11. The van der Waals surface area contributed by atoms with E-state index in [-0.39, 0.29) is 22.6 Å². The minimum absolute atomic E-state index is 0.138. The summed E-state index contributed by atoms with van der Waals surface area (Å²) in [5.74, 6) is -10.0. The Hall–Kier alpha value is -1.49. The molecule has 0 aromatic heterocycles. The molecule has 0 atom stereocenters. The molecule has 0 saturated carbocycles. The van der Waals surface area contributed by atoms with Crippen LogP contribution in [-0.2, 0) is 23.2 Å². The first kappa shape index (κ1) is 25.6. The number of methoxy groups -OCH3 is 1. The first-order valence-electron chi connectivity index (χ1n) is 7.21. The van der Waals surface area contributed by atoms with Crippen LogP contribution in [0, 0.1) is 30.2 Å².